The van der Waals surface area contributed by atoms with E-state index in [1.807, 2.05) is 0 Å². The number of carboxylic acids is 1. The second-order valence-electron chi connectivity index (χ2n) is 2.87. The van der Waals surface area contributed by atoms with Crippen LogP contribution in [0.3, 0.4) is 0 Å². The molecule has 3 N–H and O–H groups in total. The van der Waals surface area contributed by atoms with Crippen molar-refractivity contribution in [1.82, 2.24) is 0 Å². The molecule has 5 heteroatoms. The van der Waals surface area contributed by atoms with Gasteiger partial charge in [-0.25, -0.2) is 8.78 Å². The molecule has 0 aromatic carbocycles. The first-order valence-corrected chi connectivity index (χ1v) is 3.28. The van der Waals surface area contributed by atoms with Gasteiger partial charge in [-0.3, -0.25) is 4.79 Å². The van der Waals surface area contributed by atoms with Gasteiger partial charge in [0.2, 0.25) is 0 Å². The summed E-state index contributed by atoms with van der Waals surface area (Å²) >= 11 is 0. The third-order valence-corrected chi connectivity index (χ3v) is 1.89. The predicted octanol–water partition coefficient (Wildman–Crippen LogP) is 0.444. The van der Waals surface area contributed by atoms with Crippen LogP contribution in [-0.4, -0.2) is 23.0 Å². The summed E-state index contributed by atoms with van der Waals surface area (Å²) in [4.78, 5) is 10.3. The van der Waals surface area contributed by atoms with E-state index in [1.54, 1.807) is 0 Å². The van der Waals surface area contributed by atoms with Crippen molar-refractivity contribution in [1.29, 1.82) is 0 Å². The van der Waals surface area contributed by atoms with Gasteiger partial charge in [0.15, 0.2) is 0 Å². The van der Waals surface area contributed by atoms with Gasteiger partial charge in [-0.2, -0.15) is 0 Å². The number of alkyl halides is 2. The number of nitrogens with two attached hydrogens (primary N) is 1. The highest BCUT2D eigenvalue weighted by Crippen LogP contribution is 2.38. The highest BCUT2D eigenvalue weighted by Gasteiger charge is 2.47. The van der Waals surface area contributed by atoms with Gasteiger partial charge in [-0.15, -0.1) is 0 Å². The van der Waals surface area contributed by atoms with Crippen molar-refractivity contribution >= 4 is 5.97 Å². The Kier molecular flexibility index (Phi) is 1.83. The van der Waals surface area contributed by atoms with Crippen LogP contribution in [-0.2, 0) is 4.79 Å². The summed E-state index contributed by atoms with van der Waals surface area (Å²) in [5.74, 6) is -5.19. The molecule has 0 heterocycles. The first-order chi connectivity index (χ1) is 4.92. The summed E-state index contributed by atoms with van der Waals surface area (Å²) in [5, 5.41) is 8.40. The van der Waals surface area contributed by atoms with Gasteiger partial charge in [-0.05, 0) is 0 Å². The number of hydrogen-bond acceptors (Lipinski definition) is 2. The summed E-state index contributed by atoms with van der Waals surface area (Å²) in [6.07, 6.45) is -1.13. The Morgan fingerprint density at radius 1 is 1.55 bits per heavy atom. The zero-order chi connectivity index (χ0) is 8.65. The molecule has 0 radical (unpaired) electrons. The molecule has 2 atom stereocenters. The van der Waals surface area contributed by atoms with Gasteiger partial charge in [-0.1, -0.05) is 0 Å². The fraction of sp³-hybridized carbons (Fsp3) is 0.833. The molecule has 11 heavy (non-hydrogen) atoms. The molecule has 0 aromatic heterocycles. The minimum atomic E-state index is -2.89. The lowest BCUT2D eigenvalue weighted by Gasteiger charge is -2.06. The van der Waals surface area contributed by atoms with E-state index in [4.69, 9.17) is 10.8 Å². The molecule has 0 saturated heterocycles. The van der Waals surface area contributed by atoms with Gasteiger partial charge < -0.3 is 10.8 Å². The number of hydrogen-bond donors (Lipinski definition) is 2. The molecule has 1 aliphatic carbocycles. The van der Waals surface area contributed by atoms with E-state index < -0.39 is 36.7 Å². The maximum absolute atomic E-state index is 12.5. The molecule has 0 aromatic rings. The Labute approximate surface area is 62.2 Å². The number of carbonyl (C=O) groups is 1. The van der Waals surface area contributed by atoms with Crippen molar-refractivity contribution in [3.8, 4) is 0 Å². The van der Waals surface area contributed by atoms with Crippen LogP contribution in [0.5, 0.6) is 0 Å². The van der Waals surface area contributed by atoms with Crippen LogP contribution in [0, 0.1) is 5.92 Å². The Morgan fingerprint density at radius 2 is 2.09 bits per heavy atom. The maximum Gasteiger partial charge on any atom is 0.308 e. The molecular weight excluding hydrogens is 156 g/mol. The molecule has 1 saturated carbocycles. The van der Waals surface area contributed by atoms with E-state index in [9.17, 15) is 13.6 Å². The number of rotatable bonds is 1. The fourth-order valence-electron chi connectivity index (χ4n) is 1.31. The van der Waals surface area contributed by atoms with Crippen LogP contribution in [0.2, 0.25) is 0 Å². The van der Waals surface area contributed by atoms with Gasteiger partial charge in [0.25, 0.3) is 5.92 Å². The zero-order valence-corrected chi connectivity index (χ0v) is 5.76. The maximum atomic E-state index is 12.5. The summed E-state index contributed by atoms with van der Waals surface area (Å²) in [5.41, 5.74) is 5.19. The van der Waals surface area contributed by atoms with Crippen LogP contribution in [0.15, 0.2) is 0 Å². The predicted molar refractivity (Wildman–Crippen MR) is 33.3 cm³/mol. The van der Waals surface area contributed by atoms with E-state index in [0.29, 0.717) is 0 Å². The van der Waals surface area contributed by atoms with E-state index in [0.717, 1.165) is 0 Å². The van der Waals surface area contributed by atoms with Crippen LogP contribution < -0.4 is 5.73 Å². The molecule has 0 amide bonds. The molecule has 0 unspecified atom stereocenters. The summed E-state index contributed by atoms with van der Waals surface area (Å²) in [6, 6.07) is -0.900. The van der Waals surface area contributed by atoms with Crippen molar-refractivity contribution in [2.75, 3.05) is 0 Å². The van der Waals surface area contributed by atoms with Crippen molar-refractivity contribution in [2.24, 2.45) is 11.7 Å². The largest absolute Gasteiger partial charge is 0.481 e. The Morgan fingerprint density at radius 3 is 2.27 bits per heavy atom. The molecule has 0 aliphatic heterocycles. The SMILES string of the molecule is N[C@H]1CC(F)(F)C[C@@H]1C(=O)O. The fourth-order valence-corrected chi connectivity index (χ4v) is 1.31. The highest BCUT2D eigenvalue weighted by molar-refractivity contribution is 5.71. The summed E-state index contributed by atoms with van der Waals surface area (Å²) < 4.78 is 24.9. The standard InChI is InChI=1S/C6H9F2NO2/c7-6(8)1-3(5(10)11)4(9)2-6/h3-4H,1-2,9H2,(H,10,11)/t3-,4-/m0/s1. The van der Waals surface area contributed by atoms with Crippen LogP contribution >= 0.6 is 0 Å². The lowest BCUT2D eigenvalue weighted by Crippen LogP contribution is -2.30. The number of carboxylic acid groups (broad SMARTS) is 1. The van der Waals surface area contributed by atoms with Crippen molar-refractivity contribution < 1.29 is 18.7 Å². The Hall–Kier alpha value is -0.710. The van der Waals surface area contributed by atoms with E-state index in [-0.39, 0.29) is 0 Å². The lowest BCUT2D eigenvalue weighted by atomic mass is 10.1. The zero-order valence-electron chi connectivity index (χ0n) is 5.76. The molecular formula is C6H9F2NO2. The average molecular weight is 165 g/mol. The second-order valence-corrected chi connectivity index (χ2v) is 2.87. The van der Waals surface area contributed by atoms with Crippen LogP contribution in [0.25, 0.3) is 0 Å². The third-order valence-electron chi connectivity index (χ3n) is 1.89. The van der Waals surface area contributed by atoms with Crippen molar-refractivity contribution in [3.05, 3.63) is 0 Å². The van der Waals surface area contributed by atoms with Gasteiger partial charge in [0.1, 0.15) is 0 Å². The quantitative estimate of drug-likeness (QED) is 0.592. The lowest BCUT2D eigenvalue weighted by molar-refractivity contribution is -0.142. The minimum absolute atomic E-state index is 0.510. The molecule has 3 nitrogen and oxygen atoms in total. The summed E-state index contributed by atoms with van der Waals surface area (Å²) in [7, 11) is 0. The Balaban J connectivity index is 2.66. The first kappa shape index (κ1) is 8.39. The molecule has 0 bridgehead atoms. The number of halogens is 2. The van der Waals surface area contributed by atoms with Crippen LogP contribution in [0.1, 0.15) is 12.8 Å². The second kappa shape index (κ2) is 2.41. The normalized spacial score (nSPS) is 35.5. The van der Waals surface area contributed by atoms with E-state index in [1.165, 1.54) is 0 Å². The van der Waals surface area contributed by atoms with Crippen molar-refractivity contribution in [3.63, 3.8) is 0 Å². The summed E-state index contributed by atoms with van der Waals surface area (Å²) in [6.45, 7) is 0. The minimum Gasteiger partial charge on any atom is -0.481 e. The Bertz CT molecular complexity index is 183. The van der Waals surface area contributed by atoms with Gasteiger partial charge in [0, 0.05) is 18.9 Å². The number of aliphatic carboxylic acids is 1. The van der Waals surface area contributed by atoms with Crippen molar-refractivity contribution in [2.45, 2.75) is 24.8 Å². The van der Waals surface area contributed by atoms with Gasteiger partial charge in [0.05, 0.1) is 5.92 Å². The molecule has 0 spiro atoms. The van der Waals surface area contributed by atoms with Crippen LogP contribution in [0.4, 0.5) is 8.78 Å². The van der Waals surface area contributed by atoms with E-state index in [2.05, 4.69) is 0 Å². The molecule has 1 aliphatic rings. The first-order valence-electron chi connectivity index (χ1n) is 3.28. The molecule has 1 rings (SSSR count). The highest BCUT2D eigenvalue weighted by atomic mass is 19.3. The molecule has 1 fully saturated rings. The van der Waals surface area contributed by atoms with E-state index >= 15 is 0 Å². The average Bonchev–Trinajstić information content (AvgIpc) is 2.05. The smallest absolute Gasteiger partial charge is 0.308 e. The monoisotopic (exact) mass is 165 g/mol. The third kappa shape index (κ3) is 1.65. The topological polar surface area (TPSA) is 63.3 Å². The van der Waals surface area contributed by atoms with Gasteiger partial charge >= 0.3 is 5.97 Å². The molecule has 64 valence electrons.